The highest BCUT2D eigenvalue weighted by molar-refractivity contribution is 5.30. The van der Waals surface area contributed by atoms with Crippen molar-refractivity contribution in [2.75, 3.05) is 13.2 Å². The second-order valence-electron chi connectivity index (χ2n) is 4.30. The molecule has 0 aromatic heterocycles. The molecule has 1 aliphatic rings. The van der Waals surface area contributed by atoms with Gasteiger partial charge in [0, 0.05) is 12.1 Å². The molecule has 106 valence electrons. The largest absolute Gasteiger partial charge is 0.573 e. The minimum Gasteiger partial charge on any atom is -0.406 e. The van der Waals surface area contributed by atoms with Crippen LogP contribution in [0.1, 0.15) is 12.5 Å². The maximum absolute atomic E-state index is 12.0. The molecule has 1 heterocycles. The number of halogens is 3. The van der Waals surface area contributed by atoms with Gasteiger partial charge in [-0.05, 0) is 31.2 Å². The summed E-state index contributed by atoms with van der Waals surface area (Å²) < 4.78 is 51.0. The van der Waals surface area contributed by atoms with E-state index in [2.05, 4.69) is 4.74 Å². The Bertz CT molecular complexity index is 435. The number of hydrogen-bond donors (Lipinski definition) is 1. The number of ether oxygens (including phenoxy) is 3. The lowest BCUT2D eigenvalue weighted by atomic mass is 10.1. The van der Waals surface area contributed by atoms with E-state index in [0.29, 0.717) is 18.7 Å². The van der Waals surface area contributed by atoms with E-state index in [4.69, 9.17) is 15.2 Å². The van der Waals surface area contributed by atoms with E-state index in [-0.39, 0.29) is 11.9 Å². The molecule has 0 aliphatic carbocycles. The van der Waals surface area contributed by atoms with Crippen LogP contribution < -0.4 is 10.5 Å². The number of alkyl halides is 3. The zero-order valence-corrected chi connectivity index (χ0v) is 10.2. The van der Waals surface area contributed by atoms with E-state index in [9.17, 15) is 13.2 Å². The Labute approximate surface area is 108 Å². The predicted octanol–water partition coefficient (Wildman–Crippen LogP) is 2.13. The van der Waals surface area contributed by atoms with Gasteiger partial charge in [-0.3, -0.25) is 0 Å². The van der Waals surface area contributed by atoms with E-state index >= 15 is 0 Å². The molecular formula is C12H14F3NO3. The monoisotopic (exact) mass is 277 g/mol. The van der Waals surface area contributed by atoms with E-state index < -0.39 is 12.1 Å². The highest BCUT2D eigenvalue weighted by atomic mass is 19.4. The van der Waals surface area contributed by atoms with Crippen molar-refractivity contribution in [2.24, 2.45) is 5.73 Å². The molecule has 7 heteroatoms. The highest BCUT2D eigenvalue weighted by Gasteiger charge is 2.38. The van der Waals surface area contributed by atoms with Gasteiger partial charge in [-0.1, -0.05) is 0 Å². The average molecular weight is 277 g/mol. The fourth-order valence-corrected chi connectivity index (χ4v) is 1.86. The van der Waals surface area contributed by atoms with Crippen molar-refractivity contribution >= 4 is 0 Å². The molecule has 0 amide bonds. The van der Waals surface area contributed by atoms with Gasteiger partial charge in [-0.25, -0.2) is 0 Å². The number of nitrogens with two attached hydrogens (primary N) is 1. The van der Waals surface area contributed by atoms with Crippen LogP contribution in [0, 0.1) is 0 Å². The minimum absolute atomic E-state index is 0.212. The summed E-state index contributed by atoms with van der Waals surface area (Å²) in [5, 5.41) is 0. The third-order valence-corrected chi connectivity index (χ3v) is 2.81. The summed E-state index contributed by atoms with van der Waals surface area (Å²) in [5.41, 5.74) is 6.09. The second-order valence-corrected chi connectivity index (χ2v) is 4.30. The van der Waals surface area contributed by atoms with Crippen molar-refractivity contribution in [1.82, 2.24) is 0 Å². The first-order valence-corrected chi connectivity index (χ1v) is 5.70. The molecule has 0 radical (unpaired) electrons. The number of rotatable bonds is 3. The van der Waals surface area contributed by atoms with Crippen LogP contribution in [-0.4, -0.2) is 25.6 Å². The van der Waals surface area contributed by atoms with Gasteiger partial charge in [-0.15, -0.1) is 13.2 Å². The van der Waals surface area contributed by atoms with Gasteiger partial charge in [0.2, 0.25) is 0 Å². The minimum atomic E-state index is -4.70. The molecule has 1 aromatic carbocycles. The summed E-state index contributed by atoms with van der Waals surface area (Å²) in [6, 6.07) is 5.38. The third kappa shape index (κ3) is 3.37. The van der Waals surface area contributed by atoms with Gasteiger partial charge >= 0.3 is 6.36 Å². The van der Waals surface area contributed by atoms with Gasteiger partial charge in [0.1, 0.15) is 5.75 Å². The molecule has 0 saturated carbocycles. The Balaban J connectivity index is 2.10. The zero-order valence-electron chi connectivity index (χ0n) is 10.2. The first-order valence-electron chi connectivity index (χ1n) is 5.70. The van der Waals surface area contributed by atoms with E-state index in [0.717, 1.165) is 0 Å². The standard InChI is InChI=1S/C12H14F3NO3/c1-11(17-7-10(6-16)18-11)8-2-4-9(5-3-8)19-12(13,14)15/h2-5,10H,6-7,16H2,1H3. The molecule has 1 aliphatic heterocycles. The quantitative estimate of drug-likeness (QED) is 0.919. The van der Waals surface area contributed by atoms with Gasteiger partial charge in [-0.2, -0.15) is 0 Å². The van der Waals surface area contributed by atoms with Gasteiger partial charge in [0.25, 0.3) is 0 Å². The first kappa shape index (κ1) is 14.1. The molecule has 2 rings (SSSR count). The fraction of sp³-hybridized carbons (Fsp3) is 0.500. The van der Waals surface area contributed by atoms with Crippen LogP contribution in [0.15, 0.2) is 24.3 Å². The molecule has 1 fully saturated rings. The SMILES string of the molecule is CC1(c2ccc(OC(F)(F)F)cc2)OCC(CN)O1. The van der Waals surface area contributed by atoms with Crippen molar-refractivity contribution in [2.45, 2.75) is 25.2 Å². The maximum atomic E-state index is 12.0. The summed E-state index contributed by atoms with van der Waals surface area (Å²) >= 11 is 0. The van der Waals surface area contributed by atoms with Crippen LogP contribution in [0.25, 0.3) is 0 Å². The Morgan fingerprint density at radius 1 is 1.37 bits per heavy atom. The van der Waals surface area contributed by atoms with E-state index in [1.165, 1.54) is 24.3 Å². The molecule has 1 saturated heterocycles. The second kappa shape index (κ2) is 4.99. The van der Waals surface area contributed by atoms with Crippen LogP contribution in [-0.2, 0) is 15.3 Å². The third-order valence-electron chi connectivity index (χ3n) is 2.81. The normalized spacial score (nSPS) is 27.5. The molecule has 0 bridgehead atoms. The van der Waals surface area contributed by atoms with Crippen molar-refractivity contribution in [1.29, 1.82) is 0 Å². The van der Waals surface area contributed by atoms with Crippen molar-refractivity contribution in [3.8, 4) is 5.75 Å². The molecule has 4 nitrogen and oxygen atoms in total. The lowest BCUT2D eigenvalue weighted by molar-refractivity contribution is -0.274. The lowest BCUT2D eigenvalue weighted by Crippen LogP contribution is -2.27. The smallest absolute Gasteiger partial charge is 0.406 e. The van der Waals surface area contributed by atoms with E-state index in [1.54, 1.807) is 6.92 Å². The lowest BCUT2D eigenvalue weighted by Gasteiger charge is -2.23. The number of hydrogen-bond acceptors (Lipinski definition) is 4. The van der Waals surface area contributed by atoms with Gasteiger partial charge < -0.3 is 19.9 Å². The summed E-state index contributed by atoms with van der Waals surface area (Å²) in [6.45, 7) is 2.38. The molecule has 0 spiro atoms. The van der Waals surface area contributed by atoms with Crippen LogP contribution >= 0.6 is 0 Å². The summed E-state index contributed by atoms with van der Waals surface area (Å²) in [4.78, 5) is 0. The first-order chi connectivity index (χ1) is 8.82. The van der Waals surface area contributed by atoms with Crippen LogP contribution in [0.3, 0.4) is 0 Å². The van der Waals surface area contributed by atoms with Crippen molar-refractivity contribution in [3.05, 3.63) is 29.8 Å². The fourth-order valence-electron chi connectivity index (χ4n) is 1.86. The Kier molecular flexibility index (Phi) is 3.71. The summed E-state index contributed by atoms with van der Waals surface area (Å²) in [5.74, 6) is -1.27. The Morgan fingerprint density at radius 3 is 2.47 bits per heavy atom. The topological polar surface area (TPSA) is 53.7 Å². The van der Waals surface area contributed by atoms with Crippen LogP contribution in [0.4, 0.5) is 13.2 Å². The molecular weight excluding hydrogens is 263 g/mol. The summed E-state index contributed by atoms with van der Waals surface area (Å²) in [7, 11) is 0. The highest BCUT2D eigenvalue weighted by Crippen LogP contribution is 2.34. The molecule has 2 N–H and O–H groups in total. The summed E-state index contributed by atoms with van der Waals surface area (Å²) in [6.07, 6.45) is -4.91. The average Bonchev–Trinajstić information content (AvgIpc) is 2.71. The zero-order chi connectivity index (χ0) is 14.1. The van der Waals surface area contributed by atoms with Crippen LogP contribution in [0.5, 0.6) is 5.75 Å². The van der Waals surface area contributed by atoms with Gasteiger partial charge in [0.15, 0.2) is 5.79 Å². The van der Waals surface area contributed by atoms with Crippen molar-refractivity contribution < 1.29 is 27.4 Å². The van der Waals surface area contributed by atoms with E-state index in [1.807, 2.05) is 0 Å². The molecule has 19 heavy (non-hydrogen) atoms. The Hall–Kier alpha value is -1.31. The predicted molar refractivity (Wildman–Crippen MR) is 60.4 cm³/mol. The van der Waals surface area contributed by atoms with Crippen molar-refractivity contribution in [3.63, 3.8) is 0 Å². The van der Waals surface area contributed by atoms with Gasteiger partial charge in [0.05, 0.1) is 12.7 Å². The van der Waals surface area contributed by atoms with Crippen LogP contribution in [0.2, 0.25) is 0 Å². The Morgan fingerprint density at radius 2 is 2.00 bits per heavy atom. The molecule has 2 unspecified atom stereocenters. The number of benzene rings is 1. The molecule has 2 atom stereocenters. The molecule has 1 aromatic rings. The maximum Gasteiger partial charge on any atom is 0.573 e.